The van der Waals surface area contributed by atoms with Crippen molar-refractivity contribution in [3.63, 3.8) is 0 Å². The zero-order valence-electron chi connectivity index (χ0n) is 8.39. The number of nitrogens with zero attached hydrogens (tertiary/aromatic N) is 1. The molecule has 2 aromatic rings. The summed E-state index contributed by atoms with van der Waals surface area (Å²) < 4.78 is 2.31. The quantitative estimate of drug-likeness (QED) is 0.368. The zero-order valence-corrected chi connectivity index (χ0v) is 12.4. The molecule has 0 bridgehead atoms. The summed E-state index contributed by atoms with van der Waals surface area (Å²) in [5.74, 6) is 0.559. The van der Waals surface area contributed by atoms with Crippen LogP contribution >= 0.6 is 57.6 Å². The number of oxime groups is 1. The van der Waals surface area contributed by atoms with Gasteiger partial charge in [0.1, 0.15) is 4.34 Å². The van der Waals surface area contributed by atoms with E-state index in [1.165, 1.54) is 15.5 Å². The molecule has 0 aliphatic heterocycles. The summed E-state index contributed by atoms with van der Waals surface area (Å²) >= 11 is 16.4. The van der Waals surface area contributed by atoms with Gasteiger partial charge in [-0.25, -0.2) is 0 Å². The van der Waals surface area contributed by atoms with Crippen LogP contribution in [0.25, 0.3) is 0 Å². The second-order valence-electron chi connectivity index (χ2n) is 3.01. The smallest absolute Gasteiger partial charge is 0.104 e. The number of hydrogen-bond donors (Lipinski definition) is 1. The van der Waals surface area contributed by atoms with E-state index in [0.29, 0.717) is 25.7 Å². The van der Waals surface area contributed by atoms with Gasteiger partial charge in [0.2, 0.25) is 0 Å². The first-order valence-electron chi connectivity index (χ1n) is 4.53. The van der Waals surface area contributed by atoms with Gasteiger partial charge in [0.15, 0.2) is 0 Å². The summed E-state index contributed by atoms with van der Waals surface area (Å²) in [7, 11) is 0. The lowest BCUT2D eigenvalue weighted by atomic mass is 10.2. The van der Waals surface area contributed by atoms with Crippen molar-refractivity contribution in [2.24, 2.45) is 5.16 Å². The Morgan fingerprint density at radius 2 is 2.29 bits per heavy atom. The van der Waals surface area contributed by atoms with Crippen LogP contribution in [0.1, 0.15) is 5.56 Å². The van der Waals surface area contributed by atoms with E-state index in [4.69, 9.17) is 28.4 Å². The summed E-state index contributed by atoms with van der Waals surface area (Å²) in [6, 6.07) is 5.72. The van der Waals surface area contributed by atoms with Crippen LogP contribution < -0.4 is 0 Å². The van der Waals surface area contributed by atoms with Gasteiger partial charge in [0, 0.05) is 11.3 Å². The van der Waals surface area contributed by atoms with E-state index in [2.05, 4.69) is 5.16 Å². The Labute approximate surface area is 121 Å². The molecule has 0 aromatic carbocycles. The van der Waals surface area contributed by atoms with Crippen LogP contribution in [-0.2, 0) is 0 Å². The molecular weight excluding hydrogens is 317 g/mol. The fourth-order valence-corrected chi connectivity index (χ4v) is 4.42. The minimum absolute atomic E-state index is 0.538. The third-order valence-corrected chi connectivity index (χ3v) is 5.56. The molecule has 2 nitrogen and oxygen atoms in total. The Morgan fingerprint density at radius 3 is 2.82 bits per heavy atom. The topological polar surface area (TPSA) is 32.6 Å². The van der Waals surface area contributed by atoms with E-state index in [9.17, 15) is 0 Å². The predicted octanol–water partition coefficient (Wildman–Crippen LogP) is 5.09. The van der Waals surface area contributed by atoms with Crippen molar-refractivity contribution in [2.45, 2.75) is 4.21 Å². The van der Waals surface area contributed by atoms with Crippen molar-refractivity contribution in [1.82, 2.24) is 0 Å². The Morgan fingerprint density at radius 1 is 1.47 bits per heavy atom. The maximum absolute atomic E-state index is 9.02. The number of thiophene rings is 2. The van der Waals surface area contributed by atoms with Crippen LogP contribution in [-0.4, -0.2) is 16.7 Å². The molecule has 0 spiro atoms. The molecule has 0 amide bonds. The molecule has 1 N–H and O–H groups in total. The first kappa shape index (κ1) is 13.2. The van der Waals surface area contributed by atoms with E-state index < -0.39 is 0 Å². The molecule has 2 heterocycles. The molecule has 90 valence electrons. The summed E-state index contributed by atoms with van der Waals surface area (Å²) in [5.41, 5.74) is 1.24. The summed E-state index contributed by atoms with van der Waals surface area (Å²) in [4.78, 5) is 0. The van der Waals surface area contributed by atoms with Crippen LogP contribution in [0.5, 0.6) is 0 Å². The number of hydrogen-bond acceptors (Lipinski definition) is 5. The van der Waals surface area contributed by atoms with Crippen LogP contribution in [0.15, 0.2) is 32.9 Å². The summed E-state index contributed by atoms with van der Waals surface area (Å²) in [6.45, 7) is 0. The molecule has 7 heteroatoms. The normalized spacial score (nSPS) is 12.0. The molecule has 0 aliphatic rings. The molecule has 0 fully saturated rings. The number of halogens is 2. The summed E-state index contributed by atoms with van der Waals surface area (Å²) in [6.07, 6.45) is 0. The van der Waals surface area contributed by atoms with E-state index in [1.54, 1.807) is 29.2 Å². The van der Waals surface area contributed by atoms with Crippen LogP contribution in [0.2, 0.25) is 8.67 Å². The van der Waals surface area contributed by atoms with Crippen molar-refractivity contribution in [1.29, 1.82) is 0 Å². The zero-order chi connectivity index (χ0) is 12.3. The summed E-state index contributed by atoms with van der Waals surface area (Å²) in [5, 5.41) is 14.3. The van der Waals surface area contributed by atoms with Gasteiger partial charge in [0.25, 0.3) is 0 Å². The lowest BCUT2D eigenvalue weighted by Gasteiger charge is -2.01. The molecule has 0 radical (unpaired) electrons. The van der Waals surface area contributed by atoms with E-state index in [-0.39, 0.29) is 0 Å². The molecule has 0 aliphatic carbocycles. The Kier molecular flexibility index (Phi) is 4.76. The van der Waals surface area contributed by atoms with Gasteiger partial charge in [-0.2, -0.15) is 0 Å². The first-order valence-corrected chi connectivity index (χ1v) is 7.97. The lowest BCUT2D eigenvalue weighted by Crippen LogP contribution is -2.03. The van der Waals surface area contributed by atoms with Crippen LogP contribution in [0.3, 0.4) is 0 Å². The highest BCUT2D eigenvalue weighted by Gasteiger charge is 2.13. The molecule has 17 heavy (non-hydrogen) atoms. The molecule has 0 saturated carbocycles. The van der Waals surface area contributed by atoms with E-state index in [0.717, 1.165) is 0 Å². The fraction of sp³-hybridized carbons (Fsp3) is 0.100. The van der Waals surface area contributed by atoms with Gasteiger partial charge < -0.3 is 5.21 Å². The fourth-order valence-electron chi connectivity index (χ4n) is 1.18. The maximum Gasteiger partial charge on any atom is 0.104 e. The molecular formula is C10H7Cl2NOS3. The Balaban J connectivity index is 2.10. The van der Waals surface area contributed by atoms with Crippen molar-refractivity contribution < 1.29 is 5.21 Å². The Bertz CT molecular complexity index is 522. The van der Waals surface area contributed by atoms with Gasteiger partial charge in [-0.1, -0.05) is 34.4 Å². The molecule has 2 rings (SSSR count). The largest absolute Gasteiger partial charge is 0.411 e. The highest BCUT2D eigenvalue weighted by molar-refractivity contribution is 8.01. The number of rotatable bonds is 4. The van der Waals surface area contributed by atoms with Gasteiger partial charge >= 0.3 is 0 Å². The van der Waals surface area contributed by atoms with Crippen LogP contribution in [0.4, 0.5) is 0 Å². The maximum atomic E-state index is 9.02. The minimum Gasteiger partial charge on any atom is -0.411 e. The van der Waals surface area contributed by atoms with E-state index in [1.807, 2.05) is 17.5 Å². The number of thioether (sulfide) groups is 1. The van der Waals surface area contributed by atoms with Crippen molar-refractivity contribution >= 4 is 63.3 Å². The van der Waals surface area contributed by atoms with Crippen molar-refractivity contribution in [3.05, 3.63) is 37.8 Å². The third kappa shape index (κ3) is 3.39. The van der Waals surface area contributed by atoms with Gasteiger partial charge in [-0.05, 0) is 17.5 Å². The van der Waals surface area contributed by atoms with Crippen molar-refractivity contribution in [3.8, 4) is 0 Å². The minimum atomic E-state index is 0.538. The van der Waals surface area contributed by atoms with Gasteiger partial charge in [0.05, 0.1) is 14.3 Å². The standard InChI is InChI=1S/C10H7Cl2NOS3/c11-8-4-6(10(12)17-8)7(13-14)5-16-9-2-1-3-15-9/h1-4,14H,5H2/b13-7-. The molecule has 2 aromatic heterocycles. The highest BCUT2D eigenvalue weighted by Crippen LogP contribution is 2.33. The second kappa shape index (κ2) is 6.11. The third-order valence-electron chi connectivity index (χ3n) is 1.93. The SMILES string of the molecule is O/N=C(/CSc1cccs1)c1cc(Cl)sc1Cl. The van der Waals surface area contributed by atoms with E-state index >= 15 is 0 Å². The van der Waals surface area contributed by atoms with Gasteiger partial charge in [-0.15, -0.1) is 34.4 Å². The van der Waals surface area contributed by atoms with Gasteiger partial charge in [-0.3, -0.25) is 0 Å². The Hall–Kier alpha value is -0.200. The predicted molar refractivity (Wildman–Crippen MR) is 77.7 cm³/mol. The average molecular weight is 324 g/mol. The monoisotopic (exact) mass is 323 g/mol. The molecule has 0 unspecified atom stereocenters. The molecule has 0 saturated heterocycles. The molecule has 0 atom stereocenters. The lowest BCUT2D eigenvalue weighted by molar-refractivity contribution is 0.319. The second-order valence-corrected chi connectivity index (χ2v) is 7.51. The highest BCUT2D eigenvalue weighted by atomic mass is 35.5. The van der Waals surface area contributed by atoms with Crippen LogP contribution in [0, 0.1) is 0 Å². The average Bonchev–Trinajstić information content (AvgIpc) is 2.90. The van der Waals surface area contributed by atoms with Crippen molar-refractivity contribution in [2.75, 3.05) is 5.75 Å². The first-order chi connectivity index (χ1) is 8.20.